The highest BCUT2D eigenvalue weighted by Crippen LogP contribution is 2.21. The molecule has 0 radical (unpaired) electrons. The van der Waals surface area contributed by atoms with Crippen LogP contribution in [0.4, 0.5) is 5.69 Å². The summed E-state index contributed by atoms with van der Waals surface area (Å²) in [6.45, 7) is 10.2. The lowest BCUT2D eigenvalue weighted by Crippen LogP contribution is -2.39. The van der Waals surface area contributed by atoms with Crippen molar-refractivity contribution in [3.05, 3.63) is 59.7 Å². The first kappa shape index (κ1) is 24.3. The minimum Gasteiger partial charge on any atom is -0.494 e. The fraction of sp³-hybridized carbons (Fsp3) is 0.435. The topological polar surface area (TPSA) is 58.1 Å². The molecule has 0 aromatic heterocycles. The number of guanidine groups is 1. The lowest BCUT2D eigenvalue weighted by Gasteiger charge is -2.30. The molecule has 0 amide bonds. The third kappa shape index (κ3) is 7.05. The zero-order chi connectivity index (χ0) is 20.3. The van der Waals surface area contributed by atoms with Crippen LogP contribution in [0.1, 0.15) is 25.0 Å². The van der Waals surface area contributed by atoms with E-state index in [1.165, 1.54) is 11.3 Å². The number of para-hydroxylation sites is 2. The van der Waals surface area contributed by atoms with Crippen LogP contribution in [0.5, 0.6) is 5.75 Å². The van der Waals surface area contributed by atoms with Crippen LogP contribution in [0.3, 0.4) is 0 Å². The molecule has 164 valence electrons. The number of halogens is 1. The molecule has 0 atom stereocenters. The number of rotatable bonds is 8. The predicted octanol–water partition coefficient (Wildman–Crippen LogP) is 3.80. The highest BCUT2D eigenvalue weighted by Gasteiger charge is 2.14. The Bertz CT molecular complexity index is 794. The van der Waals surface area contributed by atoms with Gasteiger partial charge in [0, 0.05) is 37.4 Å². The summed E-state index contributed by atoms with van der Waals surface area (Å²) in [5, 5.41) is 6.82. The van der Waals surface area contributed by atoms with Gasteiger partial charge in [0.05, 0.1) is 26.4 Å². The Morgan fingerprint density at radius 2 is 1.70 bits per heavy atom. The largest absolute Gasteiger partial charge is 0.494 e. The first-order chi connectivity index (χ1) is 14.3. The SMILES string of the molecule is CCNC(=NCc1ccccc1OCC)NCc1ccccc1N1CCOCC1.I. The molecular formula is C23H33IN4O2. The average Bonchev–Trinajstić information content (AvgIpc) is 2.77. The zero-order valence-corrected chi connectivity index (χ0v) is 20.2. The number of hydrogen-bond acceptors (Lipinski definition) is 4. The van der Waals surface area contributed by atoms with Crippen LogP contribution >= 0.6 is 24.0 Å². The van der Waals surface area contributed by atoms with Gasteiger partial charge in [-0.15, -0.1) is 24.0 Å². The summed E-state index contributed by atoms with van der Waals surface area (Å²) in [5.41, 5.74) is 3.61. The number of nitrogens with zero attached hydrogens (tertiary/aromatic N) is 2. The summed E-state index contributed by atoms with van der Waals surface area (Å²) in [4.78, 5) is 7.16. The molecule has 0 aliphatic carbocycles. The first-order valence-electron chi connectivity index (χ1n) is 10.4. The van der Waals surface area contributed by atoms with Crippen LogP contribution in [0.15, 0.2) is 53.5 Å². The molecule has 2 N–H and O–H groups in total. The maximum Gasteiger partial charge on any atom is 0.191 e. The van der Waals surface area contributed by atoms with Crippen molar-refractivity contribution in [1.29, 1.82) is 0 Å². The zero-order valence-electron chi connectivity index (χ0n) is 17.9. The molecule has 1 aliphatic rings. The number of ether oxygens (including phenoxy) is 2. The summed E-state index contributed by atoms with van der Waals surface area (Å²) in [7, 11) is 0. The van der Waals surface area contributed by atoms with E-state index in [-0.39, 0.29) is 24.0 Å². The minimum absolute atomic E-state index is 0. The number of aliphatic imine (C=N–C) groups is 1. The molecule has 2 aromatic rings. The maximum absolute atomic E-state index is 5.72. The molecule has 30 heavy (non-hydrogen) atoms. The summed E-state index contributed by atoms with van der Waals surface area (Å²) in [5.74, 6) is 1.70. The number of anilines is 1. The van der Waals surface area contributed by atoms with Crippen molar-refractivity contribution in [2.75, 3.05) is 44.4 Å². The third-order valence-electron chi connectivity index (χ3n) is 4.81. The molecule has 6 nitrogen and oxygen atoms in total. The van der Waals surface area contributed by atoms with E-state index in [1.807, 2.05) is 25.1 Å². The summed E-state index contributed by atoms with van der Waals surface area (Å²) < 4.78 is 11.2. The van der Waals surface area contributed by atoms with Crippen LogP contribution in [-0.2, 0) is 17.8 Å². The number of nitrogens with one attached hydrogen (secondary N) is 2. The molecule has 0 bridgehead atoms. The quantitative estimate of drug-likeness (QED) is 0.313. The Balaban J connectivity index is 0.00000320. The van der Waals surface area contributed by atoms with Gasteiger partial charge in [-0.2, -0.15) is 0 Å². The van der Waals surface area contributed by atoms with E-state index in [9.17, 15) is 0 Å². The van der Waals surface area contributed by atoms with Crippen LogP contribution in [0.2, 0.25) is 0 Å². The van der Waals surface area contributed by atoms with Gasteiger partial charge in [0.1, 0.15) is 5.75 Å². The Morgan fingerprint density at radius 1 is 1.00 bits per heavy atom. The molecule has 3 rings (SSSR count). The van der Waals surface area contributed by atoms with Gasteiger partial charge < -0.3 is 25.0 Å². The van der Waals surface area contributed by atoms with E-state index in [2.05, 4.69) is 52.8 Å². The smallest absolute Gasteiger partial charge is 0.191 e. The molecular weight excluding hydrogens is 491 g/mol. The van der Waals surface area contributed by atoms with Crippen LogP contribution < -0.4 is 20.3 Å². The van der Waals surface area contributed by atoms with E-state index in [4.69, 9.17) is 14.5 Å². The number of benzene rings is 2. The molecule has 1 aliphatic heterocycles. The van der Waals surface area contributed by atoms with Crippen molar-refractivity contribution in [2.24, 2.45) is 4.99 Å². The molecule has 1 heterocycles. The third-order valence-corrected chi connectivity index (χ3v) is 4.81. The normalized spacial score (nSPS) is 14.1. The van der Waals surface area contributed by atoms with E-state index in [0.717, 1.165) is 50.1 Å². The number of hydrogen-bond donors (Lipinski definition) is 2. The maximum atomic E-state index is 5.72. The van der Waals surface area contributed by atoms with Gasteiger partial charge in [0.2, 0.25) is 0 Å². The van der Waals surface area contributed by atoms with Gasteiger partial charge in [-0.3, -0.25) is 0 Å². The fourth-order valence-electron chi connectivity index (χ4n) is 3.39. The van der Waals surface area contributed by atoms with Crippen LogP contribution in [0, 0.1) is 0 Å². The van der Waals surface area contributed by atoms with Gasteiger partial charge in [-0.25, -0.2) is 4.99 Å². The average molecular weight is 524 g/mol. The second-order valence-corrected chi connectivity index (χ2v) is 6.82. The Kier molecular flexibility index (Phi) is 10.8. The molecule has 0 unspecified atom stereocenters. The Morgan fingerprint density at radius 3 is 2.43 bits per heavy atom. The summed E-state index contributed by atoms with van der Waals surface area (Å²) in [6.07, 6.45) is 0. The molecule has 0 spiro atoms. The second kappa shape index (κ2) is 13.3. The van der Waals surface area contributed by atoms with Gasteiger partial charge in [0.15, 0.2) is 5.96 Å². The Hall–Kier alpha value is -2.00. The highest BCUT2D eigenvalue weighted by molar-refractivity contribution is 14.0. The summed E-state index contributed by atoms with van der Waals surface area (Å²) in [6, 6.07) is 16.6. The lowest BCUT2D eigenvalue weighted by atomic mass is 10.1. The minimum atomic E-state index is 0. The van der Waals surface area contributed by atoms with Gasteiger partial charge in [0.25, 0.3) is 0 Å². The lowest BCUT2D eigenvalue weighted by molar-refractivity contribution is 0.122. The predicted molar refractivity (Wildman–Crippen MR) is 134 cm³/mol. The van der Waals surface area contributed by atoms with E-state index >= 15 is 0 Å². The van der Waals surface area contributed by atoms with E-state index < -0.39 is 0 Å². The van der Waals surface area contributed by atoms with Crippen LogP contribution in [-0.4, -0.2) is 45.4 Å². The van der Waals surface area contributed by atoms with E-state index in [1.54, 1.807) is 0 Å². The molecule has 0 saturated carbocycles. The van der Waals surface area contributed by atoms with Crippen molar-refractivity contribution < 1.29 is 9.47 Å². The van der Waals surface area contributed by atoms with Crippen LogP contribution in [0.25, 0.3) is 0 Å². The van der Waals surface area contributed by atoms with Crippen molar-refractivity contribution in [3.8, 4) is 5.75 Å². The van der Waals surface area contributed by atoms with Crippen molar-refractivity contribution in [3.63, 3.8) is 0 Å². The fourth-order valence-corrected chi connectivity index (χ4v) is 3.39. The second-order valence-electron chi connectivity index (χ2n) is 6.82. The molecule has 1 saturated heterocycles. The highest BCUT2D eigenvalue weighted by atomic mass is 127. The first-order valence-corrected chi connectivity index (χ1v) is 10.4. The van der Waals surface area contributed by atoms with Gasteiger partial charge in [-0.1, -0.05) is 36.4 Å². The van der Waals surface area contributed by atoms with Gasteiger partial charge in [-0.05, 0) is 31.5 Å². The monoisotopic (exact) mass is 524 g/mol. The standard InChI is InChI=1S/C23H32N4O2.HI/c1-3-24-23(26-18-20-10-6-8-12-22(20)29-4-2)25-17-19-9-5-7-11-21(19)27-13-15-28-16-14-27;/h5-12H,3-4,13-18H2,1-2H3,(H2,24,25,26);1H. The number of morpholine rings is 1. The molecule has 1 fully saturated rings. The Labute approximate surface area is 197 Å². The summed E-state index contributed by atoms with van der Waals surface area (Å²) >= 11 is 0. The molecule has 2 aromatic carbocycles. The van der Waals surface area contributed by atoms with E-state index in [0.29, 0.717) is 19.7 Å². The molecule has 7 heteroatoms. The van der Waals surface area contributed by atoms with Crippen molar-refractivity contribution in [1.82, 2.24) is 10.6 Å². The van der Waals surface area contributed by atoms with Crippen molar-refractivity contribution in [2.45, 2.75) is 26.9 Å². The van der Waals surface area contributed by atoms with Gasteiger partial charge >= 0.3 is 0 Å². The van der Waals surface area contributed by atoms with Crippen molar-refractivity contribution >= 4 is 35.6 Å².